The lowest BCUT2D eigenvalue weighted by molar-refractivity contribution is -0.192. The summed E-state index contributed by atoms with van der Waals surface area (Å²) in [6.45, 7) is 2.47. The molecule has 0 radical (unpaired) electrons. The Kier molecular flexibility index (Phi) is 5.41. The number of halogens is 4. The van der Waals surface area contributed by atoms with Gasteiger partial charge >= 0.3 is 12.1 Å². The quantitative estimate of drug-likeness (QED) is 0.515. The van der Waals surface area contributed by atoms with Crippen LogP contribution in [0.2, 0.25) is 5.28 Å². The number of H-pyrrole nitrogens is 2. The van der Waals surface area contributed by atoms with Gasteiger partial charge < -0.3 is 20.4 Å². The number of rotatable bonds is 3. The van der Waals surface area contributed by atoms with Crippen LogP contribution in [-0.2, 0) is 11.3 Å². The molecule has 0 aliphatic rings. The predicted molar refractivity (Wildman–Crippen MR) is 81.0 cm³/mol. The van der Waals surface area contributed by atoms with Crippen LogP contribution in [0.1, 0.15) is 11.5 Å². The summed E-state index contributed by atoms with van der Waals surface area (Å²) in [5.41, 5.74) is 2.27. The number of carboxylic acids is 1. The van der Waals surface area contributed by atoms with E-state index in [1.807, 2.05) is 6.92 Å². The highest BCUT2D eigenvalue weighted by atomic mass is 35.5. The number of aromatic nitrogens is 6. The van der Waals surface area contributed by atoms with Crippen LogP contribution >= 0.6 is 11.6 Å². The molecule has 134 valence electrons. The average molecular weight is 378 g/mol. The maximum atomic E-state index is 10.6. The Balaban J connectivity index is 0.000000277. The van der Waals surface area contributed by atoms with Crippen molar-refractivity contribution in [1.29, 1.82) is 0 Å². The maximum absolute atomic E-state index is 10.6. The van der Waals surface area contributed by atoms with Crippen LogP contribution in [0.25, 0.3) is 11.2 Å². The van der Waals surface area contributed by atoms with Gasteiger partial charge in [-0.3, -0.25) is 0 Å². The number of carboxylic acid groups (broad SMARTS) is 1. The first-order valence-electron chi connectivity index (χ1n) is 6.58. The molecule has 4 N–H and O–H groups in total. The fourth-order valence-electron chi connectivity index (χ4n) is 1.66. The van der Waals surface area contributed by atoms with Gasteiger partial charge in [-0.05, 0) is 18.5 Å². The van der Waals surface area contributed by atoms with Gasteiger partial charge in [0.05, 0.1) is 12.9 Å². The number of nitrogens with zero attached hydrogens (tertiary/aromatic N) is 4. The average Bonchev–Trinajstić information content (AvgIpc) is 3.13. The van der Waals surface area contributed by atoms with Crippen molar-refractivity contribution in [3.8, 4) is 0 Å². The van der Waals surface area contributed by atoms with E-state index in [0.717, 1.165) is 17.0 Å². The van der Waals surface area contributed by atoms with E-state index in [9.17, 15) is 13.2 Å². The van der Waals surface area contributed by atoms with Crippen molar-refractivity contribution in [2.75, 3.05) is 5.32 Å². The molecule has 0 aliphatic carbocycles. The molecule has 0 bridgehead atoms. The zero-order chi connectivity index (χ0) is 18.6. The monoisotopic (exact) mass is 377 g/mol. The molecule has 3 heterocycles. The lowest BCUT2D eigenvalue weighted by Crippen LogP contribution is -2.21. The van der Waals surface area contributed by atoms with E-state index in [1.54, 1.807) is 12.5 Å². The molecule has 9 nitrogen and oxygen atoms in total. The molecule has 0 unspecified atom stereocenters. The summed E-state index contributed by atoms with van der Waals surface area (Å²) in [4.78, 5) is 31.4. The number of imidazole rings is 2. The molecule has 0 saturated heterocycles. The number of anilines is 1. The van der Waals surface area contributed by atoms with E-state index in [1.165, 1.54) is 0 Å². The Labute approximate surface area is 142 Å². The number of carbonyl (C=O) groups is 1. The largest absolute Gasteiger partial charge is 0.490 e. The molecule has 0 saturated carbocycles. The first-order chi connectivity index (χ1) is 11.7. The summed E-state index contributed by atoms with van der Waals surface area (Å²) in [7, 11) is 0. The highest BCUT2D eigenvalue weighted by Gasteiger charge is 2.38. The molecule has 0 spiro atoms. The van der Waals surface area contributed by atoms with Gasteiger partial charge in [0.25, 0.3) is 0 Å². The van der Waals surface area contributed by atoms with E-state index >= 15 is 0 Å². The summed E-state index contributed by atoms with van der Waals surface area (Å²) < 4.78 is 31.7. The summed E-state index contributed by atoms with van der Waals surface area (Å²) in [6, 6.07) is 0. The summed E-state index contributed by atoms with van der Waals surface area (Å²) >= 11 is 5.83. The van der Waals surface area contributed by atoms with E-state index in [4.69, 9.17) is 21.5 Å². The minimum absolute atomic E-state index is 0.160. The van der Waals surface area contributed by atoms with E-state index in [-0.39, 0.29) is 5.28 Å². The number of aliphatic carboxylic acids is 1. The highest BCUT2D eigenvalue weighted by Crippen LogP contribution is 2.18. The predicted octanol–water partition coefficient (Wildman–Crippen LogP) is 2.28. The molecule has 3 rings (SSSR count). The third kappa shape index (κ3) is 5.04. The standard InChI is InChI=1S/C10H10ClN7.C2HF3O2/c1-5-2-12-6(16-5)3-13-8-7-9(15-4-14-7)18-10(11)17-8;3-2(4,5)1(6)7/h2,4H,3H2,1H3,(H,12,16)(H2,13,14,15,17,18);(H,6,7). The van der Waals surface area contributed by atoms with Crippen molar-refractivity contribution >= 4 is 34.6 Å². The number of alkyl halides is 3. The number of nitrogens with one attached hydrogen (secondary N) is 3. The number of hydrogen-bond acceptors (Lipinski definition) is 6. The first kappa shape index (κ1) is 18.4. The molecule has 0 aliphatic heterocycles. The van der Waals surface area contributed by atoms with Crippen LogP contribution in [0.3, 0.4) is 0 Å². The van der Waals surface area contributed by atoms with Crippen LogP contribution in [0.4, 0.5) is 19.0 Å². The fourth-order valence-corrected chi connectivity index (χ4v) is 1.82. The Morgan fingerprint density at radius 2 is 2.04 bits per heavy atom. The van der Waals surface area contributed by atoms with Gasteiger partial charge in [0, 0.05) is 11.9 Å². The van der Waals surface area contributed by atoms with Gasteiger partial charge in [-0.1, -0.05) is 0 Å². The Hall–Kier alpha value is -2.89. The van der Waals surface area contributed by atoms with E-state index in [0.29, 0.717) is 18.0 Å². The Morgan fingerprint density at radius 3 is 2.60 bits per heavy atom. The molecule has 13 heteroatoms. The molecule has 3 aromatic rings. The van der Waals surface area contributed by atoms with Crippen LogP contribution in [0, 0.1) is 6.92 Å². The van der Waals surface area contributed by atoms with Crippen molar-refractivity contribution in [1.82, 2.24) is 29.9 Å². The summed E-state index contributed by atoms with van der Waals surface area (Å²) in [5.74, 6) is -1.32. The van der Waals surface area contributed by atoms with Gasteiger partial charge in [-0.25, -0.2) is 14.8 Å². The second-order valence-electron chi connectivity index (χ2n) is 4.61. The molecular weight excluding hydrogens is 367 g/mol. The lowest BCUT2D eigenvalue weighted by atomic mass is 10.4. The van der Waals surface area contributed by atoms with Crippen LogP contribution in [0.5, 0.6) is 0 Å². The molecular formula is C12H11ClF3N7O2. The van der Waals surface area contributed by atoms with Crippen molar-refractivity contribution in [3.63, 3.8) is 0 Å². The van der Waals surface area contributed by atoms with Crippen molar-refractivity contribution in [2.24, 2.45) is 0 Å². The van der Waals surface area contributed by atoms with E-state index < -0.39 is 12.1 Å². The minimum atomic E-state index is -5.08. The van der Waals surface area contributed by atoms with Gasteiger partial charge in [-0.15, -0.1) is 0 Å². The Bertz CT molecular complexity index is 877. The SMILES string of the molecule is Cc1cnc(CNc2nc(Cl)nc3nc[nH]c23)[nH]1.O=C(O)C(F)(F)F. The smallest absolute Gasteiger partial charge is 0.475 e. The van der Waals surface area contributed by atoms with Crippen molar-refractivity contribution in [3.05, 3.63) is 29.3 Å². The van der Waals surface area contributed by atoms with E-state index in [2.05, 4.69) is 35.2 Å². The molecule has 25 heavy (non-hydrogen) atoms. The van der Waals surface area contributed by atoms with Gasteiger partial charge in [-0.2, -0.15) is 23.1 Å². The molecule has 0 atom stereocenters. The van der Waals surface area contributed by atoms with Gasteiger partial charge in [0.15, 0.2) is 11.5 Å². The third-order valence-corrected chi connectivity index (χ3v) is 2.85. The first-order valence-corrected chi connectivity index (χ1v) is 6.95. The van der Waals surface area contributed by atoms with Crippen molar-refractivity contribution < 1.29 is 23.1 Å². The molecule has 0 fully saturated rings. The molecule has 3 aromatic heterocycles. The van der Waals surface area contributed by atoms with Crippen molar-refractivity contribution in [2.45, 2.75) is 19.6 Å². The zero-order valence-electron chi connectivity index (χ0n) is 12.5. The third-order valence-electron chi connectivity index (χ3n) is 2.68. The van der Waals surface area contributed by atoms with Gasteiger partial charge in [0.2, 0.25) is 5.28 Å². The topological polar surface area (TPSA) is 132 Å². The normalized spacial score (nSPS) is 11.1. The van der Waals surface area contributed by atoms with Crippen LogP contribution < -0.4 is 5.32 Å². The molecule has 0 aromatic carbocycles. The lowest BCUT2D eigenvalue weighted by Gasteiger charge is -2.04. The number of aryl methyl sites for hydroxylation is 1. The minimum Gasteiger partial charge on any atom is -0.475 e. The zero-order valence-corrected chi connectivity index (χ0v) is 13.3. The Morgan fingerprint density at radius 1 is 1.36 bits per heavy atom. The molecule has 0 amide bonds. The summed E-state index contributed by atoms with van der Waals surface area (Å²) in [5, 5.41) is 10.4. The number of fused-ring (bicyclic) bond motifs is 1. The second-order valence-corrected chi connectivity index (χ2v) is 4.95. The van der Waals surface area contributed by atoms with Gasteiger partial charge in [0.1, 0.15) is 11.3 Å². The maximum Gasteiger partial charge on any atom is 0.490 e. The second kappa shape index (κ2) is 7.34. The summed E-state index contributed by atoms with van der Waals surface area (Å²) in [6.07, 6.45) is -1.76. The van der Waals surface area contributed by atoms with Crippen LogP contribution in [-0.4, -0.2) is 47.2 Å². The highest BCUT2D eigenvalue weighted by molar-refractivity contribution is 6.28. The fraction of sp³-hybridized carbons (Fsp3) is 0.250. The van der Waals surface area contributed by atoms with Crippen LogP contribution in [0.15, 0.2) is 12.5 Å². The number of hydrogen-bond donors (Lipinski definition) is 4. The number of aromatic amines is 2.